The van der Waals surface area contributed by atoms with E-state index in [1.54, 1.807) is 27.0 Å². The van der Waals surface area contributed by atoms with Gasteiger partial charge in [0.2, 0.25) is 11.8 Å². The lowest BCUT2D eigenvalue weighted by atomic mass is 9.83. The van der Waals surface area contributed by atoms with E-state index in [4.69, 9.17) is 9.47 Å². The van der Waals surface area contributed by atoms with Crippen LogP contribution in [0.5, 0.6) is 0 Å². The number of benzene rings is 1. The summed E-state index contributed by atoms with van der Waals surface area (Å²) in [5.41, 5.74) is -0.367. The molecular weight excluding hydrogens is 576 g/mol. The third-order valence-electron chi connectivity index (χ3n) is 9.42. The molecule has 2 heterocycles. The second kappa shape index (κ2) is 13.3. The zero-order valence-corrected chi connectivity index (χ0v) is 26.7. The number of hydrogen-bond donors (Lipinski definition) is 3. The standard InChI is InChI=1S/C34H46N4O7/c1-5-24-18-34(24,31(41)42)37-29(39)26-17-25(44-20-23-14-9-13-21-15-10-16-35-27(21)23)19-38(26)30(40)28(22-11-7-6-8-12-22)36-32(43)45-33(2,3)4/h9-10,13-16,22,24-26,28H,5-8,11-12,17-20H2,1-4H3,(H,36,43)(H,37,39)(H,41,42)/t24-,25+,26-,28-,34+/m0/s1. The van der Waals surface area contributed by atoms with Crippen LogP contribution in [0, 0.1) is 11.8 Å². The molecule has 2 aliphatic carbocycles. The predicted octanol–water partition coefficient (Wildman–Crippen LogP) is 4.56. The number of rotatable bonds is 10. The number of carbonyl (C=O) groups excluding carboxylic acids is 3. The van der Waals surface area contributed by atoms with Crippen LogP contribution in [0.25, 0.3) is 10.9 Å². The van der Waals surface area contributed by atoms with Gasteiger partial charge in [0.1, 0.15) is 23.2 Å². The first-order valence-corrected chi connectivity index (χ1v) is 16.2. The first kappa shape index (κ1) is 32.7. The number of carboxylic acids is 1. The summed E-state index contributed by atoms with van der Waals surface area (Å²) in [6.45, 7) is 7.55. The smallest absolute Gasteiger partial charge is 0.408 e. The fourth-order valence-electron chi connectivity index (χ4n) is 6.96. The van der Waals surface area contributed by atoms with Crippen LogP contribution in [0.3, 0.4) is 0 Å². The minimum atomic E-state index is -1.33. The number of ether oxygens (including phenoxy) is 2. The van der Waals surface area contributed by atoms with Crippen LogP contribution in [-0.4, -0.2) is 74.7 Å². The molecule has 5 rings (SSSR count). The number of aromatic nitrogens is 1. The van der Waals surface area contributed by atoms with Gasteiger partial charge in [0.05, 0.1) is 18.2 Å². The van der Waals surface area contributed by atoms with E-state index in [1.807, 2.05) is 37.3 Å². The highest BCUT2D eigenvalue weighted by atomic mass is 16.6. The van der Waals surface area contributed by atoms with Gasteiger partial charge in [0.25, 0.3) is 0 Å². The van der Waals surface area contributed by atoms with E-state index in [0.29, 0.717) is 12.8 Å². The van der Waals surface area contributed by atoms with Gasteiger partial charge in [-0.15, -0.1) is 0 Å². The summed E-state index contributed by atoms with van der Waals surface area (Å²) in [7, 11) is 0. The fourth-order valence-corrected chi connectivity index (χ4v) is 6.96. The molecule has 1 saturated heterocycles. The van der Waals surface area contributed by atoms with Gasteiger partial charge in [-0.25, -0.2) is 9.59 Å². The lowest BCUT2D eigenvalue weighted by Crippen LogP contribution is -2.58. The van der Waals surface area contributed by atoms with Crippen molar-refractivity contribution in [3.8, 4) is 0 Å². The summed E-state index contributed by atoms with van der Waals surface area (Å²) in [6, 6.07) is 7.87. The summed E-state index contributed by atoms with van der Waals surface area (Å²) < 4.78 is 11.8. The molecule has 3 aliphatic rings. The Morgan fingerprint density at radius 2 is 1.84 bits per heavy atom. The van der Waals surface area contributed by atoms with E-state index in [2.05, 4.69) is 15.6 Å². The zero-order valence-electron chi connectivity index (χ0n) is 26.7. The largest absolute Gasteiger partial charge is 0.479 e. The third-order valence-corrected chi connectivity index (χ3v) is 9.42. The van der Waals surface area contributed by atoms with Gasteiger partial charge in [-0.2, -0.15) is 0 Å². The SMILES string of the molecule is CC[C@H]1C[C@]1(NC(=O)[C@@H]1C[C@@H](OCc2cccc3cccnc23)CN1C(=O)[C@@H](NC(=O)OC(C)(C)C)C1CCCCC1)C(=O)O. The summed E-state index contributed by atoms with van der Waals surface area (Å²) in [4.78, 5) is 59.4. The number of carbonyl (C=O) groups is 4. The molecule has 3 N–H and O–H groups in total. The monoisotopic (exact) mass is 622 g/mol. The van der Waals surface area contributed by atoms with Crippen LogP contribution in [0.4, 0.5) is 4.79 Å². The van der Waals surface area contributed by atoms with Crippen molar-refractivity contribution in [1.29, 1.82) is 0 Å². The van der Waals surface area contributed by atoms with E-state index in [-0.39, 0.29) is 37.3 Å². The van der Waals surface area contributed by atoms with Crippen molar-refractivity contribution in [1.82, 2.24) is 20.5 Å². The molecule has 0 unspecified atom stereocenters. The minimum absolute atomic E-state index is 0.109. The Labute approximate surface area is 264 Å². The molecule has 2 saturated carbocycles. The quantitative estimate of drug-likeness (QED) is 0.349. The lowest BCUT2D eigenvalue weighted by Gasteiger charge is -2.35. The number of pyridine rings is 1. The highest BCUT2D eigenvalue weighted by Crippen LogP contribution is 2.46. The lowest BCUT2D eigenvalue weighted by molar-refractivity contribution is -0.146. The van der Waals surface area contributed by atoms with Crippen molar-refractivity contribution in [2.24, 2.45) is 11.8 Å². The van der Waals surface area contributed by atoms with Crippen LogP contribution in [-0.2, 0) is 30.5 Å². The van der Waals surface area contributed by atoms with E-state index in [9.17, 15) is 24.3 Å². The van der Waals surface area contributed by atoms with Crippen LogP contribution in [0.1, 0.15) is 84.6 Å². The maximum Gasteiger partial charge on any atom is 0.408 e. The molecular formula is C34H46N4O7. The summed E-state index contributed by atoms with van der Waals surface area (Å²) >= 11 is 0. The topological polar surface area (TPSA) is 147 Å². The van der Waals surface area contributed by atoms with Crippen molar-refractivity contribution >= 4 is 34.8 Å². The summed E-state index contributed by atoms with van der Waals surface area (Å²) in [5.74, 6) is -2.24. The molecule has 1 aromatic heterocycles. The van der Waals surface area contributed by atoms with Gasteiger partial charge in [0, 0.05) is 30.1 Å². The number of hydrogen-bond acceptors (Lipinski definition) is 7. The number of para-hydroxylation sites is 1. The molecule has 5 atom stereocenters. The molecule has 2 aromatic rings. The Morgan fingerprint density at radius 1 is 1.11 bits per heavy atom. The average molecular weight is 623 g/mol. The highest BCUT2D eigenvalue weighted by molar-refractivity contribution is 5.96. The van der Waals surface area contributed by atoms with Gasteiger partial charge in [-0.1, -0.05) is 56.9 Å². The van der Waals surface area contributed by atoms with Crippen molar-refractivity contribution < 1.29 is 33.8 Å². The number of aliphatic carboxylic acids is 1. The van der Waals surface area contributed by atoms with Crippen molar-refractivity contribution in [3.05, 3.63) is 42.1 Å². The van der Waals surface area contributed by atoms with Crippen LogP contribution >= 0.6 is 0 Å². The number of fused-ring (bicyclic) bond motifs is 1. The molecule has 244 valence electrons. The van der Waals surface area contributed by atoms with Crippen molar-refractivity contribution in [2.45, 2.75) is 115 Å². The summed E-state index contributed by atoms with van der Waals surface area (Å²) in [5, 5.41) is 16.6. The Balaban J connectivity index is 1.39. The number of carboxylic acid groups (broad SMARTS) is 1. The van der Waals surface area contributed by atoms with E-state index >= 15 is 0 Å². The third kappa shape index (κ3) is 7.40. The number of likely N-dealkylation sites (tertiary alicyclic amines) is 1. The van der Waals surface area contributed by atoms with Crippen molar-refractivity contribution in [3.63, 3.8) is 0 Å². The fraction of sp³-hybridized carbons (Fsp3) is 0.618. The van der Waals surface area contributed by atoms with Crippen LogP contribution < -0.4 is 10.6 Å². The number of nitrogens with one attached hydrogen (secondary N) is 2. The molecule has 45 heavy (non-hydrogen) atoms. The van der Waals surface area contributed by atoms with E-state index < -0.39 is 47.3 Å². The Morgan fingerprint density at radius 3 is 2.51 bits per heavy atom. The van der Waals surface area contributed by atoms with Gasteiger partial charge < -0.3 is 30.1 Å². The molecule has 11 nitrogen and oxygen atoms in total. The predicted molar refractivity (Wildman–Crippen MR) is 167 cm³/mol. The second-order valence-corrected chi connectivity index (χ2v) is 13.8. The second-order valence-electron chi connectivity index (χ2n) is 13.8. The Hall–Kier alpha value is -3.73. The minimum Gasteiger partial charge on any atom is -0.479 e. The van der Waals surface area contributed by atoms with E-state index in [1.165, 1.54) is 4.90 Å². The Bertz CT molecular complexity index is 1410. The molecule has 3 fully saturated rings. The molecule has 0 spiro atoms. The normalized spacial score (nSPS) is 25.9. The van der Waals surface area contributed by atoms with Gasteiger partial charge >= 0.3 is 12.1 Å². The van der Waals surface area contributed by atoms with Gasteiger partial charge in [-0.05, 0) is 57.9 Å². The average Bonchev–Trinajstić information content (AvgIpc) is 3.56. The van der Waals surface area contributed by atoms with Crippen LogP contribution in [0.2, 0.25) is 0 Å². The number of nitrogens with zero attached hydrogens (tertiary/aromatic N) is 2. The molecule has 3 amide bonds. The number of alkyl carbamates (subject to hydrolysis) is 1. The molecule has 0 radical (unpaired) electrons. The van der Waals surface area contributed by atoms with Crippen molar-refractivity contribution in [2.75, 3.05) is 6.54 Å². The van der Waals surface area contributed by atoms with Gasteiger partial charge in [-0.3, -0.25) is 14.6 Å². The van der Waals surface area contributed by atoms with E-state index in [0.717, 1.165) is 48.6 Å². The maximum absolute atomic E-state index is 14.4. The molecule has 0 bridgehead atoms. The first-order valence-electron chi connectivity index (χ1n) is 16.2. The highest BCUT2D eigenvalue weighted by Gasteiger charge is 2.61. The van der Waals surface area contributed by atoms with Crippen LogP contribution in [0.15, 0.2) is 36.5 Å². The molecule has 1 aliphatic heterocycles. The Kier molecular flexibility index (Phi) is 9.67. The molecule has 11 heteroatoms. The van der Waals surface area contributed by atoms with Gasteiger partial charge in [0.15, 0.2) is 0 Å². The first-order chi connectivity index (χ1) is 21.4. The number of amides is 3. The zero-order chi connectivity index (χ0) is 32.4. The molecule has 1 aromatic carbocycles. The maximum atomic E-state index is 14.4. The summed E-state index contributed by atoms with van der Waals surface area (Å²) in [6.07, 6.45) is 6.21.